The summed E-state index contributed by atoms with van der Waals surface area (Å²) in [6.45, 7) is 5.01. The fourth-order valence-corrected chi connectivity index (χ4v) is 5.24. The van der Waals surface area contributed by atoms with Gasteiger partial charge in [0.25, 0.3) is 5.56 Å². The zero-order valence-electron chi connectivity index (χ0n) is 16.5. The number of thioether (sulfide) groups is 1. The van der Waals surface area contributed by atoms with Gasteiger partial charge in [0, 0.05) is 43.9 Å². The van der Waals surface area contributed by atoms with Crippen molar-refractivity contribution in [1.29, 1.82) is 0 Å². The number of aromatic nitrogens is 1. The highest BCUT2D eigenvalue weighted by atomic mass is 32.2. The summed E-state index contributed by atoms with van der Waals surface area (Å²) in [7, 11) is 0. The first-order chi connectivity index (χ1) is 14.0. The molecule has 1 aromatic heterocycles. The van der Waals surface area contributed by atoms with Crippen molar-refractivity contribution in [2.24, 2.45) is 5.92 Å². The van der Waals surface area contributed by atoms with E-state index in [-0.39, 0.29) is 11.5 Å². The molecule has 3 heterocycles. The molecule has 7 heteroatoms. The molecule has 2 atom stereocenters. The van der Waals surface area contributed by atoms with Crippen LogP contribution in [0.3, 0.4) is 0 Å². The van der Waals surface area contributed by atoms with E-state index in [1.165, 1.54) is 17.3 Å². The molecule has 1 saturated heterocycles. The van der Waals surface area contributed by atoms with E-state index in [2.05, 4.69) is 16.3 Å². The SMILES string of the molecule is Cc1ccc(CNC(=O)CSC(=S)N2C[C@@H]3C[C@@H](C2)c2cccc(=O)n2C3)cc1. The Morgan fingerprint density at radius 2 is 1.97 bits per heavy atom. The minimum Gasteiger partial charge on any atom is -0.356 e. The van der Waals surface area contributed by atoms with Crippen molar-refractivity contribution < 1.29 is 4.79 Å². The van der Waals surface area contributed by atoms with Crippen LogP contribution in [-0.4, -0.2) is 38.5 Å². The van der Waals surface area contributed by atoms with Crippen LogP contribution >= 0.6 is 24.0 Å². The van der Waals surface area contributed by atoms with E-state index in [4.69, 9.17) is 12.2 Å². The van der Waals surface area contributed by atoms with E-state index < -0.39 is 0 Å². The van der Waals surface area contributed by atoms with Gasteiger partial charge in [-0.1, -0.05) is 59.9 Å². The highest BCUT2D eigenvalue weighted by Gasteiger charge is 2.35. The zero-order chi connectivity index (χ0) is 20.4. The summed E-state index contributed by atoms with van der Waals surface area (Å²) in [4.78, 5) is 26.6. The smallest absolute Gasteiger partial charge is 0.250 e. The maximum atomic E-state index is 12.2. The van der Waals surface area contributed by atoms with Gasteiger partial charge in [0.15, 0.2) is 0 Å². The molecule has 5 nitrogen and oxygen atoms in total. The zero-order valence-corrected chi connectivity index (χ0v) is 18.1. The second kappa shape index (κ2) is 8.71. The van der Waals surface area contributed by atoms with Crippen LogP contribution in [0.4, 0.5) is 0 Å². The number of fused-ring (bicyclic) bond motifs is 4. The molecule has 2 aliphatic rings. The summed E-state index contributed by atoms with van der Waals surface area (Å²) in [5, 5.41) is 2.96. The Labute approximate surface area is 180 Å². The lowest BCUT2D eigenvalue weighted by atomic mass is 9.83. The van der Waals surface area contributed by atoms with E-state index >= 15 is 0 Å². The normalized spacial score (nSPS) is 20.1. The van der Waals surface area contributed by atoms with Gasteiger partial charge in [-0.2, -0.15) is 0 Å². The fourth-order valence-electron chi connectivity index (χ4n) is 4.22. The molecule has 2 aliphatic heterocycles. The van der Waals surface area contributed by atoms with Crippen molar-refractivity contribution in [3.8, 4) is 0 Å². The van der Waals surface area contributed by atoms with Crippen molar-refractivity contribution in [3.63, 3.8) is 0 Å². The summed E-state index contributed by atoms with van der Waals surface area (Å²) < 4.78 is 2.70. The highest BCUT2D eigenvalue weighted by molar-refractivity contribution is 8.23. The summed E-state index contributed by atoms with van der Waals surface area (Å²) in [5.41, 5.74) is 3.50. The molecule has 0 spiro atoms. The van der Waals surface area contributed by atoms with Gasteiger partial charge in [0.05, 0.1) is 5.75 Å². The molecule has 0 saturated carbocycles. The van der Waals surface area contributed by atoms with Crippen LogP contribution in [0, 0.1) is 12.8 Å². The average molecular weight is 428 g/mol. The molecule has 2 aromatic rings. The number of aryl methyl sites for hydroxylation is 1. The van der Waals surface area contributed by atoms with Gasteiger partial charge in [0.1, 0.15) is 4.32 Å². The summed E-state index contributed by atoms with van der Waals surface area (Å²) in [5.74, 6) is 1.07. The highest BCUT2D eigenvalue weighted by Crippen LogP contribution is 2.35. The minimum atomic E-state index is -0.00738. The van der Waals surface area contributed by atoms with Crippen LogP contribution < -0.4 is 10.9 Å². The number of nitrogens with one attached hydrogen (secondary N) is 1. The van der Waals surface area contributed by atoms with Gasteiger partial charge < -0.3 is 14.8 Å². The largest absolute Gasteiger partial charge is 0.356 e. The Hall–Kier alpha value is -2.12. The van der Waals surface area contributed by atoms with Crippen LogP contribution in [0.1, 0.15) is 29.2 Å². The lowest BCUT2D eigenvalue weighted by Crippen LogP contribution is -2.48. The first-order valence-electron chi connectivity index (χ1n) is 9.93. The molecule has 1 aromatic carbocycles. The lowest BCUT2D eigenvalue weighted by molar-refractivity contribution is -0.118. The Bertz CT molecular complexity index is 971. The number of hydrogen-bond donors (Lipinski definition) is 1. The standard InChI is InChI=1S/C22H25N3O2S2/c1-15-5-7-16(8-6-15)10-23-20(26)14-29-22(28)24-11-17-9-18(13-24)19-3-2-4-21(27)25(19)12-17/h2-8,17-18H,9-14H2,1H3,(H,23,26)/t17-,18-/m0/s1. The number of likely N-dealkylation sites (tertiary alicyclic amines) is 1. The van der Waals surface area contributed by atoms with Crippen LogP contribution in [-0.2, 0) is 17.9 Å². The molecule has 1 amide bonds. The third-order valence-corrected chi connectivity index (χ3v) is 7.20. The topological polar surface area (TPSA) is 54.3 Å². The summed E-state index contributed by atoms with van der Waals surface area (Å²) in [6, 6.07) is 13.7. The minimum absolute atomic E-state index is 0.00738. The van der Waals surface area contributed by atoms with E-state index in [9.17, 15) is 9.59 Å². The number of carbonyl (C=O) groups is 1. The molecule has 0 unspecified atom stereocenters. The van der Waals surface area contributed by atoms with E-state index in [0.717, 1.165) is 41.6 Å². The predicted molar refractivity (Wildman–Crippen MR) is 121 cm³/mol. The summed E-state index contributed by atoms with van der Waals surface area (Å²) in [6.07, 6.45) is 1.10. The molecule has 1 N–H and O–H groups in total. The van der Waals surface area contributed by atoms with E-state index in [1.54, 1.807) is 6.07 Å². The average Bonchev–Trinajstić information content (AvgIpc) is 2.72. The van der Waals surface area contributed by atoms with Crippen LogP contribution in [0.15, 0.2) is 47.3 Å². The Balaban J connectivity index is 1.29. The second-order valence-electron chi connectivity index (χ2n) is 7.92. The number of carbonyl (C=O) groups excluding carboxylic acids is 1. The number of piperidine rings is 1. The lowest BCUT2D eigenvalue weighted by Gasteiger charge is -2.43. The van der Waals surface area contributed by atoms with Crippen LogP contribution in [0.5, 0.6) is 0 Å². The second-order valence-corrected chi connectivity index (χ2v) is 9.53. The number of amides is 1. The monoisotopic (exact) mass is 427 g/mol. The van der Waals surface area contributed by atoms with Crippen molar-refractivity contribution in [2.45, 2.75) is 32.4 Å². The fraction of sp³-hybridized carbons (Fsp3) is 0.409. The predicted octanol–water partition coefficient (Wildman–Crippen LogP) is 2.91. The summed E-state index contributed by atoms with van der Waals surface area (Å²) >= 11 is 7.06. The Kier molecular flexibility index (Phi) is 6.06. The van der Waals surface area contributed by atoms with Gasteiger partial charge in [-0.15, -0.1) is 0 Å². The van der Waals surface area contributed by atoms with Gasteiger partial charge in [-0.3, -0.25) is 9.59 Å². The molecule has 1 fully saturated rings. The molecular weight excluding hydrogens is 402 g/mol. The number of benzene rings is 1. The Morgan fingerprint density at radius 1 is 1.17 bits per heavy atom. The third-order valence-electron chi connectivity index (χ3n) is 5.67. The molecular formula is C22H25N3O2S2. The van der Waals surface area contributed by atoms with Gasteiger partial charge in [-0.25, -0.2) is 0 Å². The van der Waals surface area contributed by atoms with Crippen molar-refractivity contribution >= 4 is 34.2 Å². The molecule has 0 radical (unpaired) electrons. The van der Waals surface area contributed by atoms with Crippen molar-refractivity contribution in [2.75, 3.05) is 18.8 Å². The molecule has 0 aliphatic carbocycles. The Morgan fingerprint density at radius 3 is 2.76 bits per heavy atom. The number of nitrogens with zero attached hydrogens (tertiary/aromatic N) is 2. The van der Waals surface area contributed by atoms with Crippen molar-refractivity contribution in [3.05, 3.63) is 69.6 Å². The maximum absolute atomic E-state index is 12.2. The number of pyridine rings is 1. The van der Waals surface area contributed by atoms with Gasteiger partial charge in [0.2, 0.25) is 5.91 Å². The third kappa shape index (κ3) is 4.73. The van der Waals surface area contributed by atoms with E-state index in [0.29, 0.717) is 24.1 Å². The van der Waals surface area contributed by atoms with Crippen LogP contribution in [0.2, 0.25) is 0 Å². The first-order valence-corrected chi connectivity index (χ1v) is 11.3. The number of thiocarbonyl (C=S) groups is 1. The maximum Gasteiger partial charge on any atom is 0.250 e. The molecule has 4 rings (SSSR count). The first kappa shape index (κ1) is 20.2. The van der Waals surface area contributed by atoms with Crippen molar-refractivity contribution in [1.82, 2.24) is 14.8 Å². The van der Waals surface area contributed by atoms with E-state index in [1.807, 2.05) is 41.8 Å². The molecule has 2 bridgehead atoms. The van der Waals surface area contributed by atoms with Crippen LogP contribution in [0.25, 0.3) is 0 Å². The van der Waals surface area contributed by atoms with Gasteiger partial charge in [-0.05, 0) is 30.9 Å². The van der Waals surface area contributed by atoms with Gasteiger partial charge >= 0.3 is 0 Å². The quantitative estimate of drug-likeness (QED) is 0.761. The number of hydrogen-bond acceptors (Lipinski definition) is 4. The molecule has 152 valence electrons. The molecule has 29 heavy (non-hydrogen) atoms. The number of rotatable bonds is 4.